The van der Waals surface area contributed by atoms with Gasteiger partial charge in [0.05, 0.1) is 18.5 Å². The summed E-state index contributed by atoms with van der Waals surface area (Å²) in [4.78, 5) is 18.1. The summed E-state index contributed by atoms with van der Waals surface area (Å²) >= 11 is 0. The first-order chi connectivity index (χ1) is 16.5. The van der Waals surface area contributed by atoms with Crippen LogP contribution < -0.4 is 15.5 Å². The number of hydrogen-bond acceptors (Lipinski definition) is 7. The fraction of sp³-hybridized carbons (Fsp3) is 0.304. The smallest absolute Gasteiger partial charge is 0.406 e. The number of hydrogen-bond donors (Lipinski definition) is 2. The highest BCUT2D eigenvalue weighted by Crippen LogP contribution is 2.52. The topological polar surface area (TPSA) is 96.7 Å². The summed E-state index contributed by atoms with van der Waals surface area (Å²) in [5.41, 5.74) is 3.19. The lowest BCUT2D eigenvalue weighted by Crippen LogP contribution is -2.54. The standard InChI is InChI=1S/C23H22F3N4O4P/c1-33-13-10-7-11-14-17(13)27-20(34-14)16-21(35(2,3)32)28-19-15(12-8-5-4-6-9-12)18(23(24,25)26)29-30(19)22(16)31/h4-11,15,18-19,28-29H,1-3H3. The van der Waals surface area contributed by atoms with Crippen molar-refractivity contribution < 1.29 is 31.7 Å². The number of amides is 1. The van der Waals surface area contributed by atoms with Gasteiger partial charge in [-0.1, -0.05) is 36.4 Å². The van der Waals surface area contributed by atoms with E-state index in [9.17, 15) is 22.5 Å². The number of nitrogens with zero attached hydrogens (tertiary/aromatic N) is 2. The van der Waals surface area contributed by atoms with Crippen LogP contribution in [0.2, 0.25) is 0 Å². The predicted molar refractivity (Wildman–Crippen MR) is 123 cm³/mol. The Labute approximate surface area is 198 Å². The molecule has 35 heavy (non-hydrogen) atoms. The molecule has 1 saturated heterocycles. The number of rotatable bonds is 4. The monoisotopic (exact) mass is 506 g/mol. The highest BCUT2D eigenvalue weighted by atomic mass is 31.2. The zero-order valence-electron chi connectivity index (χ0n) is 19.0. The maximum Gasteiger partial charge on any atom is 0.406 e. The number of halogens is 3. The molecule has 0 radical (unpaired) electrons. The van der Waals surface area contributed by atoms with E-state index in [0.717, 1.165) is 5.01 Å². The number of para-hydroxylation sites is 1. The minimum Gasteiger partial charge on any atom is -0.494 e. The number of ether oxygens (including phenoxy) is 1. The van der Waals surface area contributed by atoms with E-state index < -0.39 is 37.4 Å². The summed E-state index contributed by atoms with van der Waals surface area (Å²) in [7, 11) is -1.76. The van der Waals surface area contributed by atoms with Crippen LogP contribution in [0.25, 0.3) is 16.7 Å². The van der Waals surface area contributed by atoms with Crippen LogP contribution in [0.5, 0.6) is 5.75 Å². The lowest BCUT2D eigenvalue weighted by atomic mass is 9.89. The van der Waals surface area contributed by atoms with Gasteiger partial charge in [0, 0.05) is 0 Å². The highest BCUT2D eigenvalue weighted by Gasteiger charge is 2.59. The lowest BCUT2D eigenvalue weighted by molar-refractivity contribution is -0.161. The second-order valence-corrected chi connectivity index (χ2v) is 11.9. The Bertz CT molecular complexity index is 1380. The second-order valence-electron chi connectivity index (χ2n) is 8.75. The molecule has 3 aromatic rings. The third kappa shape index (κ3) is 3.88. The van der Waals surface area contributed by atoms with Crippen LogP contribution in [0, 0.1) is 0 Å². The minimum atomic E-state index is -4.66. The SMILES string of the molecule is COc1cccc2oc(C3=C(P(C)(C)=O)NC4C(c5ccccc5)C(C(F)(F)F)NN4C3=O)nc12. The number of alkyl halides is 3. The summed E-state index contributed by atoms with van der Waals surface area (Å²) in [6, 6.07) is 11.0. The van der Waals surface area contributed by atoms with E-state index in [4.69, 9.17) is 9.15 Å². The lowest BCUT2D eigenvalue weighted by Gasteiger charge is -2.36. The van der Waals surface area contributed by atoms with Gasteiger partial charge in [-0.05, 0) is 31.0 Å². The van der Waals surface area contributed by atoms with Crippen LogP contribution in [-0.2, 0) is 9.36 Å². The van der Waals surface area contributed by atoms with Crippen molar-refractivity contribution in [1.29, 1.82) is 0 Å². The number of benzene rings is 2. The molecule has 3 atom stereocenters. The van der Waals surface area contributed by atoms with E-state index >= 15 is 0 Å². The molecule has 2 N–H and O–H groups in total. The van der Waals surface area contributed by atoms with Gasteiger partial charge in [0.1, 0.15) is 30.7 Å². The molecule has 3 unspecified atom stereocenters. The van der Waals surface area contributed by atoms with E-state index in [2.05, 4.69) is 15.7 Å². The Morgan fingerprint density at radius 3 is 2.46 bits per heavy atom. The number of nitrogens with one attached hydrogen (secondary N) is 2. The quantitative estimate of drug-likeness (QED) is 0.514. The molecule has 8 nitrogen and oxygen atoms in total. The van der Waals surface area contributed by atoms with Crippen LogP contribution in [0.3, 0.4) is 0 Å². The van der Waals surface area contributed by atoms with Crippen LogP contribution >= 0.6 is 7.14 Å². The molecule has 5 rings (SSSR count). The first-order valence-electron chi connectivity index (χ1n) is 10.7. The molecule has 0 aliphatic carbocycles. The largest absolute Gasteiger partial charge is 0.494 e. The number of carbonyl (C=O) groups excluding carboxylic acids is 1. The van der Waals surface area contributed by atoms with Gasteiger partial charge in [-0.3, -0.25) is 4.79 Å². The summed E-state index contributed by atoms with van der Waals surface area (Å²) in [5, 5.41) is 3.89. The van der Waals surface area contributed by atoms with Crippen LogP contribution in [0.15, 0.2) is 58.4 Å². The Morgan fingerprint density at radius 2 is 1.83 bits per heavy atom. The summed E-state index contributed by atoms with van der Waals surface area (Å²) in [6.07, 6.45) is -5.80. The molecule has 3 heterocycles. The first-order valence-corrected chi connectivity index (χ1v) is 13.3. The van der Waals surface area contributed by atoms with Gasteiger partial charge in [0.25, 0.3) is 5.91 Å². The number of hydrazine groups is 1. The molecular weight excluding hydrogens is 484 g/mol. The van der Waals surface area contributed by atoms with Gasteiger partial charge < -0.3 is 19.0 Å². The van der Waals surface area contributed by atoms with E-state index in [0.29, 0.717) is 22.4 Å². The molecule has 12 heteroatoms. The number of carbonyl (C=O) groups is 1. The van der Waals surface area contributed by atoms with Gasteiger partial charge in [0.15, 0.2) is 11.1 Å². The molecule has 1 aromatic heterocycles. The van der Waals surface area contributed by atoms with Gasteiger partial charge in [-0.25, -0.2) is 15.4 Å². The summed E-state index contributed by atoms with van der Waals surface area (Å²) < 4.78 is 66.7. The minimum absolute atomic E-state index is 0.0137. The number of oxazole rings is 1. The maximum atomic E-state index is 14.1. The molecule has 0 saturated carbocycles. The van der Waals surface area contributed by atoms with E-state index in [1.165, 1.54) is 20.4 Å². The van der Waals surface area contributed by atoms with Crippen molar-refractivity contribution in [3.8, 4) is 5.75 Å². The predicted octanol–water partition coefficient (Wildman–Crippen LogP) is 4.12. The molecule has 2 aliphatic rings. The zero-order valence-corrected chi connectivity index (χ0v) is 19.9. The van der Waals surface area contributed by atoms with Crippen molar-refractivity contribution in [2.24, 2.45) is 0 Å². The Kier molecular flexibility index (Phi) is 5.45. The first kappa shape index (κ1) is 23.4. The van der Waals surface area contributed by atoms with E-state index in [1.54, 1.807) is 48.5 Å². The van der Waals surface area contributed by atoms with Gasteiger partial charge in [0.2, 0.25) is 5.89 Å². The summed E-state index contributed by atoms with van der Waals surface area (Å²) in [5.74, 6) is -1.77. The fourth-order valence-corrected chi connectivity index (χ4v) is 5.74. The number of aromatic nitrogens is 1. The molecule has 1 amide bonds. The average Bonchev–Trinajstić information content (AvgIpc) is 3.40. The van der Waals surface area contributed by atoms with Crippen molar-refractivity contribution in [3.63, 3.8) is 0 Å². The van der Waals surface area contributed by atoms with Crippen molar-refractivity contribution in [2.45, 2.75) is 24.3 Å². The molecule has 0 bridgehead atoms. The van der Waals surface area contributed by atoms with Gasteiger partial charge in [-0.2, -0.15) is 13.2 Å². The third-order valence-electron chi connectivity index (χ3n) is 6.10. The normalized spacial score (nSPS) is 23.0. The van der Waals surface area contributed by atoms with Crippen LogP contribution in [0.4, 0.5) is 13.2 Å². The van der Waals surface area contributed by atoms with Crippen molar-refractivity contribution in [1.82, 2.24) is 20.7 Å². The second kappa shape index (κ2) is 8.13. The van der Waals surface area contributed by atoms with Crippen molar-refractivity contribution in [2.75, 3.05) is 20.4 Å². The molecule has 2 aromatic carbocycles. The van der Waals surface area contributed by atoms with Crippen molar-refractivity contribution in [3.05, 3.63) is 65.4 Å². The van der Waals surface area contributed by atoms with Gasteiger partial charge >= 0.3 is 6.18 Å². The molecule has 2 aliphatic heterocycles. The number of fused-ring (bicyclic) bond motifs is 2. The third-order valence-corrected chi connectivity index (χ3v) is 7.53. The maximum absolute atomic E-state index is 14.1. The molecule has 1 fully saturated rings. The summed E-state index contributed by atoms with van der Waals surface area (Å²) in [6.45, 7) is 2.87. The van der Waals surface area contributed by atoms with Crippen LogP contribution in [-0.4, -0.2) is 54.7 Å². The van der Waals surface area contributed by atoms with Crippen LogP contribution in [0.1, 0.15) is 17.4 Å². The fourth-order valence-electron chi connectivity index (χ4n) is 4.57. The van der Waals surface area contributed by atoms with E-state index in [1.807, 2.05) is 0 Å². The molecular formula is C23H22F3N4O4P. The van der Waals surface area contributed by atoms with Crippen molar-refractivity contribution >= 4 is 29.7 Å². The molecule has 0 spiro atoms. The Hall–Kier alpha value is -3.30. The zero-order chi connectivity index (χ0) is 25.1. The highest BCUT2D eigenvalue weighted by molar-refractivity contribution is 7.66. The van der Waals surface area contributed by atoms with Gasteiger partial charge in [-0.15, -0.1) is 0 Å². The number of methoxy groups -OCH3 is 1. The Morgan fingerprint density at radius 1 is 1.11 bits per heavy atom. The van der Waals surface area contributed by atoms with E-state index in [-0.39, 0.29) is 16.9 Å². The Balaban J connectivity index is 1.68. The average molecular weight is 506 g/mol. The molecule has 184 valence electrons.